The molecule has 50 heavy (non-hydrogen) atoms. The topological polar surface area (TPSA) is 157 Å². The number of thiophene rings is 1. The zero-order valence-electron chi connectivity index (χ0n) is 27.8. The summed E-state index contributed by atoms with van der Waals surface area (Å²) in [5.74, 6) is 0.705. The van der Waals surface area contributed by atoms with Crippen molar-refractivity contribution in [1.29, 1.82) is 0 Å². The van der Waals surface area contributed by atoms with Gasteiger partial charge in [0.2, 0.25) is 0 Å². The van der Waals surface area contributed by atoms with Crippen molar-refractivity contribution in [2.45, 2.75) is 36.1 Å². The number of amides is 3. The van der Waals surface area contributed by atoms with Crippen molar-refractivity contribution in [3.63, 3.8) is 0 Å². The van der Waals surface area contributed by atoms with Crippen LogP contribution in [0, 0.1) is 0 Å². The minimum Gasteiger partial charge on any atom is -0.508 e. The predicted molar refractivity (Wildman–Crippen MR) is 194 cm³/mol. The number of phenols is 1. The summed E-state index contributed by atoms with van der Waals surface area (Å²) in [4.78, 5) is 27.3. The number of hydrogen-bond donors (Lipinski definition) is 3. The number of quaternary nitrogens is 1. The maximum Gasteiger partial charge on any atom is 0.496 e. The fourth-order valence-electron chi connectivity index (χ4n) is 6.07. The van der Waals surface area contributed by atoms with Crippen molar-refractivity contribution in [3.05, 3.63) is 93.8 Å². The van der Waals surface area contributed by atoms with E-state index in [0.717, 1.165) is 35.6 Å². The van der Waals surface area contributed by atoms with Crippen LogP contribution in [0.3, 0.4) is 0 Å². The van der Waals surface area contributed by atoms with Crippen LogP contribution < -0.4 is 24.7 Å². The minimum absolute atomic E-state index is 0.0459. The van der Waals surface area contributed by atoms with Gasteiger partial charge in [-0.1, -0.05) is 12.1 Å². The van der Waals surface area contributed by atoms with Gasteiger partial charge in [0.15, 0.2) is 21.8 Å². The van der Waals surface area contributed by atoms with Gasteiger partial charge in [0.25, 0.3) is 5.91 Å². The summed E-state index contributed by atoms with van der Waals surface area (Å²) in [6.45, 7) is 1.93. The number of nitrogens with two attached hydrogens (primary N) is 1. The molecule has 3 amide bonds. The maximum atomic E-state index is 14.2. The second-order valence-corrected chi connectivity index (χ2v) is 16.5. The van der Waals surface area contributed by atoms with Crippen molar-refractivity contribution < 1.29 is 45.8 Å². The summed E-state index contributed by atoms with van der Waals surface area (Å²) >= 11 is 4.29. The molecule has 3 aromatic carbocycles. The number of anilines is 1. The van der Waals surface area contributed by atoms with Gasteiger partial charge in [0, 0.05) is 24.8 Å². The molecule has 2 atom stereocenters. The third-order valence-corrected chi connectivity index (χ3v) is 11.7. The molecule has 1 aromatic heterocycles. The number of benzene rings is 3. The quantitative estimate of drug-likeness (QED) is 0.0963. The minimum atomic E-state index is -4.04. The number of hydrogen-bond acceptors (Lipinski definition) is 9. The second kappa shape index (κ2) is 15.6. The van der Waals surface area contributed by atoms with Crippen LogP contribution in [0.15, 0.2) is 86.9 Å². The van der Waals surface area contributed by atoms with Crippen LogP contribution in [0.25, 0.3) is 0 Å². The van der Waals surface area contributed by atoms with E-state index in [0.29, 0.717) is 50.5 Å². The van der Waals surface area contributed by atoms with Gasteiger partial charge in [0.1, 0.15) is 36.0 Å². The van der Waals surface area contributed by atoms with Crippen LogP contribution in [0.2, 0.25) is 0 Å². The van der Waals surface area contributed by atoms with Crippen LogP contribution >= 0.6 is 27.3 Å². The van der Waals surface area contributed by atoms with Crippen molar-refractivity contribution >= 4 is 60.7 Å². The number of piperidine rings is 1. The van der Waals surface area contributed by atoms with Crippen LogP contribution in [-0.2, 0) is 27.9 Å². The fraction of sp³-hybridized carbons (Fsp3) is 0.286. The number of likely N-dealkylation sites (tertiary alicyclic amines) is 1. The summed E-state index contributed by atoms with van der Waals surface area (Å²) in [5, 5.41) is 12.7. The number of primary amides is 1. The molecule has 264 valence electrons. The Morgan fingerprint density at radius 2 is 1.68 bits per heavy atom. The molecule has 12 nitrogen and oxygen atoms in total. The Morgan fingerprint density at radius 3 is 2.30 bits per heavy atom. The lowest BCUT2D eigenvalue weighted by Gasteiger charge is -2.38. The van der Waals surface area contributed by atoms with Gasteiger partial charge in [-0.05, 0) is 88.2 Å². The fourth-order valence-corrected chi connectivity index (χ4v) is 8.97. The smallest absolute Gasteiger partial charge is 0.496 e. The molecule has 0 bridgehead atoms. The number of ether oxygens (including phenoxy) is 2. The van der Waals surface area contributed by atoms with Gasteiger partial charge < -0.3 is 29.0 Å². The Hall–Kier alpha value is -4.44. The highest BCUT2D eigenvalue weighted by Gasteiger charge is 2.39. The third-order valence-electron chi connectivity index (χ3n) is 8.41. The number of halogens is 1. The average Bonchev–Trinajstić information content (AvgIpc) is 3.53. The number of carbonyl (C=O) groups is 2. The SMILES string of the molecule is COc1ccc(C[N+]2(C)CCC/C(=[N+](\C(=O)Nc3ccc(OS(=O)(=O)c4ccc(Br)s4)cc3)[C@@H](Cc3ccc(O)cc3)C(N)=O)C2)cc1OC. The second-order valence-electron chi connectivity index (χ2n) is 12.2. The first-order valence-electron chi connectivity index (χ1n) is 15.7. The normalized spacial score (nSPS) is 17.8. The van der Waals surface area contributed by atoms with E-state index < -0.39 is 28.1 Å². The molecule has 4 aromatic rings. The van der Waals surface area contributed by atoms with Gasteiger partial charge in [-0.15, -0.1) is 11.3 Å². The van der Waals surface area contributed by atoms with E-state index in [1.807, 2.05) is 18.2 Å². The van der Waals surface area contributed by atoms with Crippen molar-refractivity contribution in [2.75, 3.05) is 39.7 Å². The van der Waals surface area contributed by atoms with E-state index in [1.165, 1.54) is 47.0 Å². The van der Waals surface area contributed by atoms with Crippen molar-refractivity contribution in [3.8, 4) is 23.0 Å². The summed E-state index contributed by atoms with van der Waals surface area (Å²) in [6, 6.07) is 19.6. The molecule has 4 N–H and O–H groups in total. The van der Waals surface area contributed by atoms with Gasteiger partial charge >= 0.3 is 16.1 Å². The van der Waals surface area contributed by atoms with E-state index in [1.54, 1.807) is 32.4 Å². The molecule has 1 fully saturated rings. The molecule has 1 saturated heterocycles. The van der Waals surface area contributed by atoms with E-state index in [4.69, 9.17) is 19.4 Å². The number of nitrogens with zero attached hydrogens (tertiary/aromatic N) is 2. The Bertz CT molecular complexity index is 2000. The number of aromatic hydroxyl groups is 1. The van der Waals surface area contributed by atoms with E-state index >= 15 is 0 Å². The highest BCUT2D eigenvalue weighted by atomic mass is 79.9. The zero-order valence-corrected chi connectivity index (χ0v) is 31.0. The molecule has 0 saturated carbocycles. The van der Waals surface area contributed by atoms with Crippen LogP contribution in [-0.4, -0.2) is 80.6 Å². The van der Waals surface area contributed by atoms with Gasteiger partial charge in [0.05, 0.1) is 31.6 Å². The Balaban J connectivity index is 1.45. The first-order chi connectivity index (χ1) is 23.8. The molecule has 2 heterocycles. The number of rotatable bonds is 12. The number of urea groups is 1. The number of carbonyl (C=O) groups excluding carboxylic acids is 2. The maximum absolute atomic E-state index is 14.2. The Morgan fingerprint density at radius 1 is 1.00 bits per heavy atom. The molecule has 0 aliphatic carbocycles. The molecule has 1 aliphatic rings. The number of nitrogens with one attached hydrogen (secondary N) is 1. The lowest BCUT2D eigenvalue weighted by Crippen LogP contribution is -2.56. The first-order valence-corrected chi connectivity index (χ1v) is 18.7. The number of phenolic OH excluding ortho intramolecular Hbond substituents is 1. The monoisotopic (exact) mass is 786 g/mol. The standard InChI is InChI=1S/C35H37BrN4O8S2/c1-40(21-24-8-15-30(46-2)31(20-24)47-3)18-4-5-26(22-40)39(29(34(37)42)19-23-6-11-27(41)12-7-23)35(43)38-25-9-13-28(14-10-25)48-50(44,45)33-17-16-32(36)49-33/h6-17,20,29H,4-5,18-19,21-22H2,1-3H3,(H2-2,37,38,41,42,43)/p+2/b39-26+/t29-,40?/m0/s1. The van der Waals surface area contributed by atoms with E-state index in [9.17, 15) is 23.1 Å². The Labute approximate surface area is 303 Å². The first kappa shape index (κ1) is 36.8. The third kappa shape index (κ3) is 9.01. The van der Waals surface area contributed by atoms with E-state index in [2.05, 4.69) is 28.3 Å². The van der Waals surface area contributed by atoms with Crippen LogP contribution in [0.4, 0.5) is 10.5 Å². The van der Waals surface area contributed by atoms with E-state index in [-0.39, 0.29) is 22.1 Å². The Kier molecular flexibility index (Phi) is 11.5. The highest BCUT2D eigenvalue weighted by molar-refractivity contribution is 9.11. The van der Waals surface area contributed by atoms with Crippen LogP contribution in [0.5, 0.6) is 23.0 Å². The lowest BCUT2D eigenvalue weighted by molar-refractivity contribution is -0.918. The molecular weight excluding hydrogens is 748 g/mol. The van der Waals surface area contributed by atoms with Gasteiger partial charge in [-0.25, -0.2) is 5.32 Å². The summed E-state index contributed by atoms with van der Waals surface area (Å²) < 4.78 is 44.3. The largest absolute Gasteiger partial charge is 0.508 e. The molecule has 0 spiro atoms. The predicted octanol–water partition coefficient (Wildman–Crippen LogP) is 5.52. The highest BCUT2D eigenvalue weighted by Crippen LogP contribution is 2.31. The van der Waals surface area contributed by atoms with Crippen LogP contribution in [0.1, 0.15) is 24.0 Å². The molecule has 15 heteroatoms. The number of methoxy groups -OCH3 is 2. The van der Waals surface area contributed by atoms with Gasteiger partial charge in [-0.2, -0.15) is 17.8 Å². The average molecular weight is 788 g/mol. The summed E-state index contributed by atoms with van der Waals surface area (Å²) in [5.41, 5.74) is 8.84. The lowest BCUT2D eigenvalue weighted by atomic mass is 10.0. The van der Waals surface area contributed by atoms with Crippen molar-refractivity contribution in [2.24, 2.45) is 5.73 Å². The summed E-state index contributed by atoms with van der Waals surface area (Å²) in [6.07, 6.45) is 1.44. The van der Waals surface area contributed by atoms with Gasteiger partial charge in [-0.3, -0.25) is 4.79 Å². The summed E-state index contributed by atoms with van der Waals surface area (Å²) in [7, 11) is 1.24. The molecule has 5 rings (SSSR count). The zero-order chi connectivity index (χ0) is 36.1. The molecular formula is C35H39BrN4O8S2+2. The molecule has 0 radical (unpaired) electrons. The molecule has 1 aliphatic heterocycles. The molecule has 1 unspecified atom stereocenters. The van der Waals surface area contributed by atoms with Crippen molar-refractivity contribution in [1.82, 2.24) is 0 Å².